The van der Waals surface area contributed by atoms with E-state index in [1.54, 1.807) is 0 Å². The predicted octanol–water partition coefficient (Wildman–Crippen LogP) is 16.4. The van der Waals surface area contributed by atoms with Gasteiger partial charge in [-0.25, -0.2) is 9.97 Å². The fraction of sp³-hybridized carbons (Fsp3) is 0.0645. The first-order valence-corrected chi connectivity index (χ1v) is 23.0. The highest BCUT2D eigenvalue weighted by Gasteiger charge is 2.29. The maximum atomic E-state index is 5.51. The van der Waals surface area contributed by atoms with Crippen LogP contribution in [-0.4, -0.2) is 19.1 Å². The van der Waals surface area contributed by atoms with E-state index in [1.165, 1.54) is 65.9 Å². The summed E-state index contributed by atoms with van der Waals surface area (Å²) in [7, 11) is 0. The molecule has 0 saturated heterocycles. The molecule has 0 saturated carbocycles. The van der Waals surface area contributed by atoms with Gasteiger partial charge >= 0.3 is 0 Å². The van der Waals surface area contributed by atoms with E-state index in [1.807, 2.05) is 6.07 Å². The number of aryl methyl sites for hydroxylation is 4. The molecule has 0 unspecified atom stereocenters. The third-order valence-corrected chi connectivity index (χ3v) is 13.4. The Morgan fingerprint density at radius 3 is 1.06 bits per heavy atom. The normalized spacial score (nSPS) is 11.6. The molecule has 320 valence electrons. The van der Waals surface area contributed by atoms with Crippen LogP contribution in [0.1, 0.15) is 22.3 Å². The monoisotopic (exact) mass is 861 g/mol. The Labute approximate surface area is 390 Å². The van der Waals surface area contributed by atoms with Gasteiger partial charge in [-0.2, -0.15) is 0 Å². The lowest BCUT2D eigenvalue weighted by Crippen LogP contribution is -2.17. The van der Waals surface area contributed by atoms with Crippen molar-refractivity contribution >= 4 is 60.7 Å². The Morgan fingerprint density at radius 1 is 0.328 bits per heavy atom. The van der Waals surface area contributed by atoms with Crippen LogP contribution >= 0.6 is 0 Å². The summed E-state index contributed by atoms with van der Waals surface area (Å²) in [6.45, 7) is 8.97. The average Bonchev–Trinajstić information content (AvgIpc) is 3.91. The van der Waals surface area contributed by atoms with Crippen molar-refractivity contribution in [3.63, 3.8) is 0 Å². The molecule has 0 fully saturated rings. The Balaban J connectivity index is 1.34. The molecule has 0 radical (unpaired) electrons. The molecule has 5 nitrogen and oxygen atoms in total. The minimum Gasteiger partial charge on any atom is -0.307 e. The molecule has 0 bridgehead atoms. The molecular weight excluding hydrogens is 815 g/mol. The van der Waals surface area contributed by atoms with E-state index in [2.05, 4.69) is 248 Å². The molecule has 3 heterocycles. The van der Waals surface area contributed by atoms with Gasteiger partial charge in [0.1, 0.15) is 0 Å². The minimum absolute atomic E-state index is 0.673. The third-order valence-electron chi connectivity index (χ3n) is 13.4. The van der Waals surface area contributed by atoms with Gasteiger partial charge < -0.3 is 14.0 Å². The summed E-state index contributed by atoms with van der Waals surface area (Å²) in [4.78, 5) is 13.2. The maximum Gasteiger partial charge on any atom is 0.160 e. The van der Waals surface area contributed by atoms with Crippen LogP contribution < -0.4 is 4.90 Å². The highest BCUT2D eigenvalue weighted by Crippen LogP contribution is 2.49. The first-order chi connectivity index (χ1) is 32.9. The molecule has 9 aromatic carbocycles. The van der Waals surface area contributed by atoms with E-state index in [9.17, 15) is 0 Å². The zero-order valence-electron chi connectivity index (χ0n) is 37.9. The first-order valence-electron chi connectivity index (χ1n) is 23.0. The summed E-state index contributed by atoms with van der Waals surface area (Å²) in [6, 6.07) is 76.2. The van der Waals surface area contributed by atoms with Gasteiger partial charge in [-0.15, -0.1) is 0 Å². The molecule has 0 aliphatic carbocycles. The summed E-state index contributed by atoms with van der Waals surface area (Å²) in [5.74, 6) is 0.673. The van der Waals surface area contributed by atoms with Crippen LogP contribution in [0.5, 0.6) is 0 Å². The Bertz CT molecular complexity index is 3470. The molecule has 5 heteroatoms. The number of anilines is 3. The zero-order chi connectivity index (χ0) is 45.2. The molecule has 3 aromatic heterocycles. The highest BCUT2D eigenvalue weighted by molar-refractivity contribution is 6.14. The van der Waals surface area contributed by atoms with Crippen LogP contribution in [0, 0.1) is 27.7 Å². The number of rotatable bonds is 8. The van der Waals surface area contributed by atoms with E-state index < -0.39 is 0 Å². The Kier molecular flexibility index (Phi) is 9.65. The summed E-state index contributed by atoms with van der Waals surface area (Å²) in [6.07, 6.45) is 0. The fourth-order valence-electron chi connectivity index (χ4n) is 10.3. The highest BCUT2D eigenvalue weighted by atomic mass is 15.2. The van der Waals surface area contributed by atoms with E-state index in [4.69, 9.17) is 9.97 Å². The first kappa shape index (κ1) is 40.0. The number of benzene rings is 9. The van der Waals surface area contributed by atoms with Crippen molar-refractivity contribution in [2.24, 2.45) is 0 Å². The molecule has 0 aliphatic rings. The maximum absolute atomic E-state index is 5.51. The second-order valence-corrected chi connectivity index (χ2v) is 17.6. The molecule has 0 amide bonds. The van der Waals surface area contributed by atoms with E-state index in [0.717, 1.165) is 56.5 Å². The largest absolute Gasteiger partial charge is 0.307 e. The van der Waals surface area contributed by atoms with Crippen LogP contribution in [0.2, 0.25) is 0 Å². The average molecular weight is 862 g/mol. The molecule has 12 rings (SSSR count). The van der Waals surface area contributed by atoms with Crippen molar-refractivity contribution in [3.8, 4) is 45.3 Å². The van der Waals surface area contributed by atoms with Crippen LogP contribution in [-0.2, 0) is 0 Å². The van der Waals surface area contributed by atoms with Crippen LogP contribution in [0.25, 0.3) is 88.9 Å². The molecule has 12 aromatic rings. The van der Waals surface area contributed by atoms with Crippen molar-refractivity contribution in [1.82, 2.24) is 19.1 Å². The quantitative estimate of drug-likeness (QED) is 0.153. The number of para-hydroxylation sites is 6. The lowest BCUT2D eigenvalue weighted by atomic mass is 10.0. The number of nitrogens with zero attached hydrogens (tertiary/aromatic N) is 5. The van der Waals surface area contributed by atoms with Gasteiger partial charge in [-0.1, -0.05) is 170 Å². The van der Waals surface area contributed by atoms with Gasteiger partial charge in [0.2, 0.25) is 0 Å². The molecule has 0 N–H and O–H groups in total. The smallest absolute Gasteiger partial charge is 0.160 e. The number of aromatic nitrogens is 4. The van der Waals surface area contributed by atoms with Crippen molar-refractivity contribution in [2.75, 3.05) is 4.90 Å². The van der Waals surface area contributed by atoms with Gasteiger partial charge in [0.15, 0.2) is 5.82 Å². The summed E-state index contributed by atoms with van der Waals surface area (Å²) >= 11 is 0. The third kappa shape index (κ3) is 6.61. The summed E-state index contributed by atoms with van der Waals surface area (Å²) in [5, 5.41) is 4.86. The van der Waals surface area contributed by atoms with Crippen LogP contribution in [0.4, 0.5) is 17.1 Å². The van der Waals surface area contributed by atoms with Gasteiger partial charge in [-0.05, 0) is 92.4 Å². The Hall–Kier alpha value is -8.54. The Morgan fingerprint density at radius 2 is 0.672 bits per heavy atom. The van der Waals surface area contributed by atoms with E-state index >= 15 is 0 Å². The lowest BCUT2D eigenvalue weighted by molar-refractivity contribution is 1.09. The van der Waals surface area contributed by atoms with Crippen LogP contribution in [0.3, 0.4) is 0 Å². The number of hydrogen-bond donors (Lipinski definition) is 0. The standard InChI is InChI=1S/C62H47N5/c1-40-21-17-33-49-50-34-18-22-41(2)58(50)66(57(40)49)55-37-46(54-39-53(44-25-9-5-10-26-44)63-62(64-54)45-27-11-6-12-28-45)38-56(61(55)65(47-29-13-7-14-30-47)48-31-15-8-16-32-48)67-59-42(3)23-19-35-51(59)52-36-20-24-43(4)60(52)67/h5-39H,1-4H3. The minimum atomic E-state index is 0.673. The van der Waals surface area contributed by atoms with E-state index in [0.29, 0.717) is 5.82 Å². The van der Waals surface area contributed by atoms with Crippen LogP contribution in [0.15, 0.2) is 212 Å². The van der Waals surface area contributed by atoms with Crippen molar-refractivity contribution in [1.29, 1.82) is 0 Å². The zero-order valence-corrected chi connectivity index (χ0v) is 37.9. The van der Waals surface area contributed by atoms with Crippen molar-refractivity contribution in [3.05, 3.63) is 235 Å². The van der Waals surface area contributed by atoms with Crippen molar-refractivity contribution < 1.29 is 0 Å². The van der Waals surface area contributed by atoms with Gasteiger partial charge in [0.05, 0.1) is 50.5 Å². The fourth-order valence-corrected chi connectivity index (χ4v) is 10.3. The van der Waals surface area contributed by atoms with Gasteiger partial charge in [0, 0.05) is 49.6 Å². The topological polar surface area (TPSA) is 38.9 Å². The molecule has 0 aliphatic heterocycles. The number of hydrogen-bond acceptors (Lipinski definition) is 3. The van der Waals surface area contributed by atoms with Crippen molar-refractivity contribution in [2.45, 2.75) is 27.7 Å². The number of fused-ring (bicyclic) bond motifs is 6. The van der Waals surface area contributed by atoms with E-state index in [-0.39, 0.29) is 0 Å². The van der Waals surface area contributed by atoms with Gasteiger partial charge in [-0.3, -0.25) is 0 Å². The summed E-state index contributed by atoms with van der Waals surface area (Å²) < 4.78 is 5.09. The lowest BCUT2D eigenvalue weighted by Gasteiger charge is -2.32. The SMILES string of the molecule is Cc1cccc2c3cccc(C)c3n(-c3cc(-c4cc(-c5ccccc5)nc(-c5ccccc5)n4)cc(-n4c5c(C)cccc5c5cccc(C)c54)c3N(c3ccccc3)c3ccccc3)c12. The summed E-state index contributed by atoms with van der Waals surface area (Å²) in [5.41, 5.74) is 19.3. The van der Waals surface area contributed by atoms with Gasteiger partial charge in [0.25, 0.3) is 0 Å². The molecular formula is C62H47N5. The predicted molar refractivity (Wildman–Crippen MR) is 281 cm³/mol. The second-order valence-electron chi connectivity index (χ2n) is 17.6. The molecule has 67 heavy (non-hydrogen) atoms. The molecule has 0 spiro atoms. The second kappa shape index (κ2) is 16.2. The molecule has 0 atom stereocenters.